The zero-order valence-electron chi connectivity index (χ0n) is 12.6. The summed E-state index contributed by atoms with van der Waals surface area (Å²) < 4.78 is 11.8. The smallest absolute Gasteiger partial charge is 0.251 e. The van der Waals surface area contributed by atoms with Gasteiger partial charge in [-0.3, -0.25) is 4.79 Å². The zero-order valence-corrected chi connectivity index (χ0v) is 14.1. The summed E-state index contributed by atoms with van der Waals surface area (Å²) >= 11 is 3.39. The average molecular weight is 364 g/mol. The van der Waals surface area contributed by atoms with E-state index < -0.39 is 0 Å². The molecule has 0 heterocycles. The van der Waals surface area contributed by atoms with E-state index >= 15 is 0 Å². The van der Waals surface area contributed by atoms with Crippen molar-refractivity contribution in [2.45, 2.75) is 6.92 Å². The molecule has 1 N–H and O–H groups in total. The van der Waals surface area contributed by atoms with Crippen molar-refractivity contribution in [3.63, 3.8) is 0 Å². The molecule has 116 valence electrons. The number of ether oxygens (including phenoxy) is 2. The van der Waals surface area contributed by atoms with E-state index in [1.54, 1.807) is 13.2 Å². The molecule has 0 saturated heterocycles. The third-order valence-corrected chi connectivity index (χ3v) is 3.64. The van der Waals surface area contributed by atoms with Crippen molar-refractivity contribution in [1.29, 1.82) is 0 Å². The van der Waals surface area contributed by atoms with Crippen molar-refractivity contribution in [1.82, 2.24) is 5.32 Å². The van der Waals surface area contributed by atoms with Crippen molar-refractivity contribution in [3.05, 3.63) is 58.1 Å². The highest BCUT2D eigenvalue weighted by Gasteiger charge is 2.09. The van der Waals surface area contributed by atoms with Crippen LogP contribution in [0.15, 0.2) is 46.9 Å². The molecular formula is C17H18BrNO3. The quantitative estimate of drug-likeness (QED) is 0.798. The van der Waals surface area contributed by atoms with E-state index in [1.165, 1.54) is 0 Å². The number of hydrogen-bond acceptors (Lipinski definition) is 3. The molecule has 0 aliphatic rings. The van der Waals surface area contributed by atoms with Gasteiger partial charge in [0.15, 0.2) is 11.5 Å². The largest absolute Gasteiger partial charge is 0.493 e. The van der Waals surface area contributed by atoms with Crippen LogP contribution in [-0.4, -0.2) is 26.2 Å². The van der Waals surface area contributed by atoms with Gasteiger partial charge in [-0.05, 0) is 42.8 Å². The van der Waals surface area contributed by atoms with Crippen LogP contribution in [-0.2, 0) is 0 Å². The average Bonchev–Trinajstić information content (AvgIpc) is 2.51. The van der Waals surface area contributed by atoms with Gasteiger partial charge >= 0.3 is 0 Å². The molecule has 22 heavy (non-hydrogen) atoms. The monoisotopic (exact) mass is 363 g/mol. The molecule has 0 aliphatic heterocycles. The number of carbonyl (C=O) groups excluding carboxylic acids is 1. The molecule has 0 aliphatic carbocycles. The van der Waals surface area contributed by atoms with Gasteiger partial charge in [0.2, 0.25) is 0 Å². The maximum absolute atomic E-state index is 12.1. The Kier molecular flexibility index (Phi) is 5.83. The number of nitrogens with one attached hydrogen (secondary N) is 1. The summed E-state index contributed by atoms with van der Waals surface area (Å²) in [5.74, 6) is 1.24. The molecule has 0 radical (unpaired) electrons. The predicted octanol–water partition coefficient (Wildman–Crippen LogP) is 3.57. The summed E-state index contributed by atoms with van der Waals surface area (Å²) in [6.45, 7) is 2.71. The maximum Gasteiger partial charge on any atom is 0.251 e. The third kappa shape index (κ3) is 4.24. The first-order valence-electron chi connectivity index (χ1n) is 6.92. The molecule has 2 rings (SSSR count). The number of para-hydroxylation sites is 2. The Morgan fingerprint density at radius 3 is 2.59 bits per heavy atom. The van der Waals surface area contributed by atoms with Gasteiger partial charge in [-0.2, -0.15) is 0 Å². The van der Waals surface area contributed by atoms with Gasteiger partial charge in [-0.25, -0.2) is 0 Å². The molecule has 4 nitrogen and oxygen atoms in total. The number of rotatable bonds is 6. The van der Waals surface area contributed by atoms with Crippen LogP contribution in [0.1, 0.15) is 15.9 Å². The van der Waals surface area contributed by atoms with E-state index in [-0.39, 0.29) is 5.91 Å². The van der Waals surface area contributed by atoms with Crippen molar-refractivity contribution >= 4 is 21.8 Å². The predicted molar refractivity (Wildman–Crippen MR) is 89.7 cm³/mol. The second kappa shape index (κ2) is 7.84. The van der Waals surface area contributed by atoms with E-state index in [9.17, 15) is 4.79 Å². The lowest BCUT2D eigenvalue weighted by Gasteiger charge is -2.11. The lowest BCUT2D eigenvalue weighted by Crippen LogP contribution is -2.28. The molecule has 0 unspecified atom stereocenters. The van der Waals surface area contributed by atoms with Crippen LogP contribution >= 0.6 is 15.9 Å². The number of hydrogen-bond donors (Lipinski definition) is 1. The van der Waals surface area contributed by atoms with Crippen molar-refractivity contribution in [2.24, 2.45) is 0 Å². The van der Waals surface area contributed by atoms with Gasteiger partial charge in [0.1, 0.15) is 6.61 Å². The highest BCUT2D eigenvalue weighted by Crippen LogP contribution is 2.25. The fraction of sp³-hybridized carbons (Fsp3) is 0.235. The minimum absolute atomic E-state index is 0.103. The highest BCUT2D eigenvalue weighted by atomic mass is 79.9. The lowest BCUT2D eigenvalue weighted by molar-refractivity contribution is 0.0946. The molecule has 2 aromatic rings. The van der Waals surface area contributed by atoms with Crippen molar-refractivity contribution in [3.8, 4) is 11.5 Å². The Balaban J connectivity index is 1.85. The normalized spacial score (nSPS) is 10.1. The van der Waals surface area contributed by atoms with Crippen LogP contribution in [0.2, 0.25) is 0 Å². The molecule has 2 aromatic carbocycles. The summed E-state index contributed by atoms with van der Waals surface area (Å²) in [4.78, 5) is 12.1. The fourth-order valence-corrected chi connectivity index (χ4v) is 2.52. The number of aryl methyl sites for hydroxylation is 1. The molecule has 0 spiro atoms. The van der Waals surface area contributed by atoms with E-state index in [0.29, 0.717) is 30.2 Å². The molecular weight excluding hydrogens is 346 g/mol. The second-order valence-corrected chi connectivity index (χ2v) is 5.63. The van der Waals surface area contributed by atoms with Crippen molar-refractivity contribution in [2.75, 3.05) is 20.3 Å². The number of carbonyl (C=O) groups is 1. The van der Waals surface area contributed by atoms with E-state index in [4.69, 9.17) is 9.47 Å². The number of benzene rings is 2. The standard InChI is InChI=1S/C17H18BrNO3/c1-12-11-13(18)7-8-14(12)17(20)19-9-10-22-16-6-4-3-5-15(16)21-2/h3-8,11H,9-10H2,1-2H3,(H,19,20). The second-order valence-electron chi connectivity index (χ2n) is 4.71. The first kappa shape index (κ1) is 16.4. The molecule has 0 atom stereocenters. The number of methoxy groups -OCH3 is 1. The van der Waals surface area contributed by atoms with Crippen LogP contribution in [0.3, 0.4) is 0 Å². The SMILES string of the molecule is COc1ccccc1OCCNC(=O)c1ccc(Br)cc1C. The van der Waals surface area contributed by atoms with Crippen LogP contribution in [0.4, 0.5) is 0 Å². The zero-order chi connectivity index (χ0) is 15.9. The van der Waals surface area contributed by atoms with E-state index in [2.05, 4.69) is 21.2 Å². The summed E-state index contributed by atoms with van der Waals surface area (Å²) in [5.41, 5.74) is 1.60. The minimum atomic E-state index is -0.103. The Bertz CT molecular complexity index is 658. The van der Waals surface area contributed by atoms with Gasteiger partial charge in [0, 0.05) is 10.0 Å². The van der Waals surface area contributed by atoms with E-state index in [0.717, 1.165) is 10.0 Å². The molecule has 0 bridgehead atoms. The fourth-order valence-electron chi connectivity index (χ4n) is 2.04. The highest BCUT2D eigenvalue weighted by molar-refractivity contribution is 9.10. The lowest BCUT2D eigenvalue weighted by atomic mass is 10.1. The number of amides is 1. The number of halogens is 1. The molecule has 0 aromatic heterocycles. The van der Waals surface area contributed by atoms with Crippen LogP contribution in [0, 0.1) is 6.92 Å². The van der Waals surface area contributed by atoms with Gasteiger partial charge in [0.05, 0.1) is 13.7 Å². The van der Waals surface area contributed by atoms with Gasteiger partial charge in [-0.15, -0.1) is 0 Å². The van der Waals surface area contributed by atoms with Gasteiger partial charge < -0.3 is 14.8 Å². The maximum atomic E-state index is 12.1. The first-order valence-corrected chi connectivity index (χ1v) is 7.71. The van der Waals surface area contributed by atoms with Crippen LogP contribution < -0.4 is 14.8 Å². The van der Waals surface area contributed by atoms with Gasteiger partial charge in [0.25, 0.3) is 5.91 Å². The Hall–Kier alpha value is -2.01. The Labute approximate surface area is 138 Å². The van der Waals surface area contributed by atoms with Gasteiger partial charge in [-0.1, -0.05) is 28.1 Å². The molecule has 5 heteroatoms. The topological polar surface area (TPSA) is 47.6 Å². The third-order valence-electron chi connectivity index (χ3n) is 3.15. The Morgan fingerprint density at radius 2 is 1.91 bits per heavy atom. The summed E-state index contributed by atoms with van der Waals surface area (Å²) in [6, 6.07) is 13.0. The first-order chi connectivity index (χ1) is 10.6. The van der Waals surface area contributed by atoms with Crippen LogP contribution in [0.5, 0.6) is 11.5 Å². The van der Waals surface area contributed by atoms with E-state index in [1.807, 2.05) is 43.3 Å². The van der Waals surface area contributed by atoms with Crippen LogP contribution in [0.25, 0.3) is 0 Å². The molecule has 0 fully saturated rings. The summed E-state index contributed by atoms with van der Waals surface area (Å²) in [6.07, 6.45) is 0. The van der Waals surface area contributed by atoms with Crippen molar-refractivity contribution < 1.29 is 14.3 Å². The molecule has 0 saturated carbocycles. The minimum Gasteiger partial charge on any atom is -0.493 e. The summed E-state index contributed by atoms with van der Waals surface area (Å²) in [7, 11) is 1.60. The Morgan fingerprint density at radius 1 is 1.18 bits per heavy atom. The molecule has 1 amide bonds. The summed E-state index contributed by atoms with van der Waals surface area (Å²) in [5, 5.41) is 2.85.